The Balaban J connectivity index is 1.74. The van der Waals surface area contributed by atoms with Gasteiger partial charge in [-0.1, -0.05) is 13.8 Å². The molecule has 0 fully saturated rings. The number of halogens is 1. The number of urea groups is 1. The second-order valence-corrected chi connectivity index (χ2v) is 9.36. The summed E-state index contributed by atoms with van der Waals surface area (Å²) in [5.41, 5.74) is 1.09. The fraction of sp³-hybridized carbons (Fsp3) is 0.500. The Morgan fingerprint density at radius 2 is 2.03 bits per heavy atom. The summed E-state index contributed by atoms with van der Waals surface area (Å²) < 4.78 is 19.1. The normalized spacial score (nSPS) is 15.4. The van der Waals surface area contributed by atoms with Crippen LogP contribution in [0.3, 0.4) is 0 Å². The molecule has 32 heavy (non-hydrogen) atoms. The first-order chi connectivity index (χ1) is 15.4. The highest BCUT2D eigenvalue weighted by Gasteiger charge is 2.33. The van der Waals surface area contributed by atoms with Crippen LogP contribution in [0.2, 0.25) is 0 Å². The number of nitrogens with one attached hydrogen (secondary N) is 1. The first-order valence-electron chi connectivity index (χ1n) is 11.2. The van der Waals surface area contributed by atoms with Gasteiger partial charge in [-0.05, 0) is 67.0 Å². The van der Waals surface area contributed by atoms with Crippen molar-refractivity contribution in [1.82, 2.24) is 15.1 Å². The minimum absolute atomic E-state index is 0.0328. The van der Waals surface area contributed by atoms with Gasteiger partial charge >= 0.3 is 6.03 Å². The van der Waals surface area contributed by atoms with E-state index in [4.69, 9.17) is 4.74 Å². The van der Waals surface area contributed by atoms with Crippen molar-refractivity contribution in [3.05, 3.63) is 52.0 Å². The minimum atomic E-state index is -0.321. The first-order valence-corrected chi connectivity index (χ1v) is 12.0. The Hall–Kier alpha value is -2.61. The van der Waals surface area contributed by atoms with Gasteiger partial charge in [0.1, 0.15) is 24.7 Å². The van der Waals surface area contributed by atoms with E-state index < -0.39 is 0 Å². The van der Waals surface area contributed by atoms with E-state index in [0.717, 1.165) is 18.4 Å². The van der Waals surface area contributed by atoms with E-state index >= 15 is 0 Å². The van der Waals surface area contributed by atoms with Crippen LogP contribution in [0.25, 0.3) is 0 Å². The highest BCUT2D eigenvalue weighted by atomic mass is 32.1. The van der Waals surface area contributed by atoms with E-state index in [9.17, 15) is 14.0 Å². The molecule has 8 heteroatoms. The second-order valence-electron chi connectivity index (χ2n) is 8.36. The molecule has 6 nitrogen and oxygen atoms in total. The monoisotopic (exact) mass is 461 g/mol. The number of carbonyl (C=O) groups is 2. The highest BCUT2D eigenvalue weighted by Crippen LogP contribution is 2.34. The Labute approximate surface area is 193 Å². The number of hydrogen-bond donors (Lipinski definition) is 1. The lowest BCUT2D eigenvalue weighted by Crippen LogP contribution is -2.50. The largest absolute Gasteiger partial charge is 0.491 e. The van der Waals surface area contributed by atoms with Crippen LogP contribution in [0.1, 0.15) is 43.7 Å². The number of benzene rings is 1. The molecule has 0 spiro atoms. The van der Waals surface area contributed by atoms with Crippen molar-refractivity contribution in [1.29, 1.82) is 0 Å². The molecule has 1 unspecified atom stereocenters. The third kappa shape index (κ3) is 6.22. The third-order valence-electron chi connectivity index (χ3n) is 5.55. The first kappa shape index (κ1) is 24.0. The van der Waals surface area contributed by atoms with Gasteiger partial charge in [-0.2, -0.15) is 0 Å². The highest BCUT2D eigenvalue weighted by molar-refractivity contribution is 7.10. The number of rotatable bonds is 9. The summed E-state index contributed by atoms with van der Waals surface area (Å²) in [5, 5.41) is 4.85. The van der Waals surface area contributed by atoms with Gasteiger partial charge < -0.3 is 19.9 Å². The van der Waals surface area contributed by atoms with Gasteiger partial charge in [-0.3, -0.25) is 4.79 Å². The molecule has 0 aliphatic carbocycles. The van der Waals surface area contributed by atoms with Crippen molar-refractivity contribution >= 4 is 23.3 Å². The Kier molecular flexibility index (Phi) is 8.50. The second kappa shape index (κ2) is 11.3. The number of thiophene rings is 1. The fourth-order valence-electron chi connectivity index (χ4n) is 3.76. The van der Waals surface area contributed by atoms with Crippen LogP contribution in [0.5, 0.6) is 5.75 Å². The van der Waals surface area contributed by atoms with Gasteiger partial charge in [-0.15, -0.1) is 11.3 Å². The molecule has 1 aliphatic heterocycles. The van der Waals surface area contributed by atoms with Crippen LogP contribution in [0.4, 0.5) is 9.18 Å². The number of ether oxygens (including phenoxy) is 1. The van der Waals surface area contributed by atoms with E-state index in [-0.39, 0.29) is 36.9 Å². The summed E-state index contributed by atoms with van der Waals surface area (Å²) in [7, 11) is 0. The van der Waals surface area contributed by atoms with Crippen LogP contribution in [-0.2, 0) is 11.2 Å². The Bertz CT molecular complexity index is 900. The predicted octanol–water partition coefficient (Wildman–Crippen LogP) is 4.47. The molecular weight excluding hydrogens is 429 g/mol. The maximum Gasteiger partial charge on any atom is 0.317 e. The molecule has 1 atom stereocenters. The summed E-state index contributed by atoms with van der Waals surface area (Å²) in [6.45, 7) is 8.00. The van der Waals surface area contributed by atoms with Crippen LogP contribution < -0.4 is 10.1 Å². The van der Waals surface area contributed by atoms with Gasteiger partial charge in [0.15, 0.2) is 0 Å². The molecule has 0 radical (unpaired) electrons. The van der Waals surface area contributed by atoms with Crippen molar-refractivity contribution in [3.63, 3.8) is 0 Å². The molecule has 1 aromatic heterocycles. The lowest BCUT2D eigenvalue weighted by atomic mass is 10.0. The molecule has 3 amide bonds. The van der Waals surface area contributed by atoms with Crippen molar-refractivity contribution in [2.24, 2.45) is 5.92 Å². The number of hydrogen-bond acceptors (Lipinski definition) is 4. The average molecular weight is 462 g/mol. The van der Waals surface area contributed by atoms with Crippen LogP contribution in [0, 0.1) is 11.7 Å². The number of amides is 3. The maximum atomic E-state index is 13.4. The standard InChI is InChI=1S/C24H32FN3O3S/c1-4-26-24(30)27(12-9-17(2)3)15-23(29)28-13-10-22-20(11-14-32-22)21(28)16-31-19-7-5-18(25)6-8-19/h5-8,11,14,17,21H,4,9-10,12-13,15-16H2,1-3H3,(H,26,30). The zero-order valence-corrected chi connectivity index (χ0v) is 19.8. The fourth-order valence-corrected chi connectivity index (χ4v) is 4.69. The van der Waals surface area contributed by atoms with E-state index in [0.29, 0.717) is 31.3 Å². The van der Waals surface area contributed by atoms with Gasteiger partial charge in [0.25, 0.3) is 0 Å². The van der Waals surface area contributed by atoms with Crippen molar-refractivity contribution in [2.75, 3.05) is 32.8 Å². The quantitative estimate of drug-likeness (QED) is 0.599. The summed E-state index contributed by atoms with van der Waals surface area (Å²) in [4.78, 5) is 30.6. The lowest BCUT2D eigenvalue weighted by molar-refractivity contribution is -0.135. The SMILES string of the molecule is CCNC(=O)N(CCC(C)C)CC(=O)N1CCc2sccc2C1COc1ccc(F)cc1. The summed E-state index contributed by atoms with van der Waals surface area (Å²) in [6.07, 6.45) is 1.62. The lowest BCUT2D eigenvalue weighted by Gasteiger charge is -2.37. The number of carbonyl (C=O) groups excluding carboxylic acids is 2. The predicted molar refractivity (Wildman–Crippen MR) is 124 cm³/mol. The van der Waals surface area contributed by atoms with Gasteiger partial charge in [0.05, 0.1) is 6.04 Å². The molecular formula is C24H32FN3O3S. The van der Waals surface area contributed by atoms with Gasteiger partial charge in [0, 0.05) is 24.5 Å². The summed E-state index contributed by atoms with van der Waals surface area (Å²) in [6, 6.07) is 7.46. The molecule has 3 rings (SSSR count). The van der Waals surface area contributed by atoms with Crippen LogP contribution in [-0.4, -0.2) is 54.5 Å². The molecule has 174 valence electrons. The van der Waals surface area contributed by atoms with Gasteiger partial charge in [-0.25, -0.2) is 9.18 Å². The molecule has 1 N–H and O–H groups in total. The van der Waals surface area contributed by atoms with Crippen molar-refractivity contribution in [3.8, 4) is 5.75 Å². The van der Waals surface area contributed by atoms with Crippen LogP contribution in [0.15, 0.2) is 35.7 Å². The molecule has 2 heterocycles. The Morgan fingerprint density at radius 3 is 2.72 bits per heavy atom. The molecule has 1 aliphatic rings. The summed E-state index contributed by atoms with van der Waals surface area (Å²) in [5.74, 6) is 0.577. The topological polar surface area (TPSA) is 61.9 Å². The van der Waals surface area contributed by atoms with E-state index in [1.807, 2.05) is 23.3 Å². The van der Waals surface area contributed by atoms with E-state index in [2.05, 4.69) is 19.2 Å². The zero-order valence-electron chi connectivity index (χ0n) is 19.0. The van der Waals surface area contributed by atoms with Crippen molar-refractivity contribution < 1.29 is 18.7 Å². The molecule has 2 aromatic rings. The molecule has 0 saturated carbocycles. The van der Waals surface area contributed by atoms with Crippen LogP contribution >= 0.6 is 11.3 Å². The number of fused-ring (bicyclic) bond motifs is 1. The summed E-state index contributed by atoms with van der Waals surface area (Å²) >= 11 is 1.69. The molecule has 0 saturated heterocycles. The zero-order chi connectivity index (χ0) is 23.1. The number of nitrogens with zero attached hydrogens (tertiary/aromatic N) is 2. The Morgan fingerprint density at radius 1 is 1.28 bits per heavy atom. The average Bonchev–Trinajstić information content (AvgIpc) is 3.25. The van der Waals surface area contributed by atoms with E-state index in [1.165, 1.54) is 17.0 Å². The maximum absolute atomic E-state index is 13.4. The van der Waals surface area contributed by atoms with E-state index in [1.54, 1.807) is 28.4 Å². The van der Waals surface area contributed by atoms with Gasteiger partial charge in [0.2, 0.25) is 5.91 Å². The molecule has 0 bridgehead atoms. The van der Waals surface area contributed by atoms with Crippen molar-refractivity contribution in [2.45, 2.75) is 39.7 Å². The third-order valence-corrected chi connectivity index (χ3v) is 6.55. The minimum Gasteiger partial charge on any atom is -0.491 e. The smallest absolute Gasteiger partial charge is 0.317 e. The molecule has 1 aromatic carbocycles.